The van der Waals surface area contributed by atoms with E-state index in [0.29, 0.717) is 5.56 Å². The van der Waals surface area contributed by atoms with Crippen molar-refractivity contribution in [3.05, 3.63) is 64.5 Å². The smallest absolute Gasteiger partial charge is 0.337 e. The molecule has 0 aliphatic heterocycles. The first-order valence-electron chi connectivity index (χ1n) is 6.30. The summed E-state index contributed by atoms with van der Waals surface area (Å²) in [5.41, 5.74) is 1.39. The zero-order valence-corrected chi connectivity index (χ0v) is 11.6. The Morgan fingerprint density at radius 3 is 2.48 bits per heavy atom. The van der Waals surface area contributed by atoms with Crippen molar-refractivity contribution >= 4 is 17.6 Å². The summed E-state index contributed by atoms with van der Waals surface area (Å²) in [5.74, 6) is -2.62. The van der Waals surface area contributed by atoms with Gasteiger partial charge in [-0.1, -0.05) is 23.8 Å². The van der Waals surface area contributed by atoms with Gasteiger partial charge in [-0.05, 0) is 37.6 Å². The first-order valence-corrected chi connectivity index (χ1v) is 6.30. The number of carboxylic acids is 1. The number of halogens is 1. The van der Waals surface area contributed by atoms with E-state index in [1.54, 1.807) is 19.1 Å². The molecule has 2 aromatic carbocycles. The minimum Gasteiger partial charge on any atom is -0.478 e. The molecular formula is C16H14FNO3. The molecule has 5 heteroatoms. The Labute approximate surface area is 121 Å². The third-order valence-corrected chi connectivity index (χ3v) is 3.12. The molecule has 0 fully saturated rings. The molecule has 0 heterocycles. The standard InChI is InChI=1S/C16H14FNO3/c1-9-6-7-10(2)12(8-9)15(19)18-14-11(16(20)21)4-3-5-13(14)17/h3-8H,1-2H3,(H,18,19)(H,20,21). The number of benzene rings is 2. The molecule has 4 nitrogen and oxygen atoms in total. The molecule has 1 amide bonds. The summed E-state index contributed by atoms with van der Waals surface area (Å²) in [5, 5.41) is 11.4. The summed E-state index contributed by atoms with van der Waals surface area (Å²) in [7, 11) is 0. The van der Waals surface area contributed by atoms with Crippen LogP contribution in [0.25, 0.3) is 0 Å². The van der Waals surface area contributed by atoms with Gasteiger partial charge in [0.2, 0.25) is 0 Å². The maximum absolute atomic E-state index is 13.8. The van der Waals surface area contributed by atoms with Gasteiger partial charge in [-0.25, -0.2) is 9.18 Å². The number of para-hydroxylation sites is 1. The minimum absolute atomic E-state index is 0.284. The summed E-state index contributed by atoms with van der Waals surface area (Å²) in [6, 6.07) is 8.94. The molecule has 2 aromatic rings. The van der Waals surface area contributed by atoms with Crippen LogP contribution in [-0.2, 0) is 0 Å². The highest BCUT2D eigenvalue weighted by atomic mass is 19.1. The number of carbonyl (C=O) groups excluding carboxylic acids is 1. The van der Waals surface area contributed by atoms with Crippen molar-refractivity contribution < 1.29 is 19.1 Å². The predicted molar refractivity (Wildman–Crippen MR) is 77.2 cm³/mol. The van der Waals surface area contributed by atoms with Gasteiger partial charge in [-0.2, -0.15) is 0 Å². The van der Waals surface area contributed by atoms with E-state index < -0.39 is 17.7 Å². The SMILES string of the molecule is Cc1ccc(C)c(C(=O)Nc2c(F)cccc2C(=O)O)c1. The fourth-order valence-electron chi connectivity index (χ4n) is 1.99. The highest BCUT2D eigenvalue weighted by molar-refractivity contribution is 6.08. The molecule has 0 aliphatic rings. The van der Waals surface area contributed by atoms with E-state index in [9.17, 15) is 14.0 Å². The van der Waals surface area contributed by atoms with Crippen molar-refractivity contribution in [3.8, 4) is 0 Å². The second-order valence-corrected chi connectivity index (χ2v) is 4.74. The van der Waals surface area contributed by atoms with Crippen LogP contribution in [0.5, 0.6) is 0 Å². The predicted octanol–water partition coefficient (Wildman–Crippen LogP) is 3.39. The lowest BCUT2D eigenvalue weighted by atomic mass is 10.0. The van der Waals surface area contributed by atoms with E-state index in [1.807, 2.05) is 13.0 Å². The van der Waals surface area contributed by atoms with Gasteiger partial charge in [-0.15, -0.1) is 0 Å². The first-order chi connectivity index (χ1) is 9.90. The van der Waals surface area contributed by atoms with E-state index in [-0.39, 0.29) is 11.3 Å². The third-order valence-electron chi connectivity index (χ3n) is 3.12. The van der Waals surface area contributed by atoms with Crippen LogP contribution in [0.4, 0.5) is 10.1 Å². The van der Waals surface area contributed by atoms with Crippen molar-refractivity contribution in [3.63, 3.8) is 0 Å². The fourth-order valence-corrected chi connectivity index (χ4v) is 1.99. The molecule has 0 aliphatic carbocycles. The van der Waals surface area contributed by atoms with Crippen molar-refractivity contribution in [2.75, 3.05) is 5.32 Å². The first kappa shape index (κ1) is 14.7. The van der Waals surface area contributed by atoms with Crippen molar-refractivity contribution in [1.82, 2.24) is 0 Å². The number of nitrogens with one attached hydrogen (secondary N) is 1. The van der Waals surface area contributed by atoms with Gasteiger partial charge in [-0.3, -0.25) is 4.79 Å². The van der Waals surface area contributed by atoms with Gasteiger partial charge < -0.3 is 10.4 Å². The molecular weight excluding hydrogens is 273 g/mol. The van der Waals surface area contributed by atoms with Gasteiger partial charge in [0.25, 0.3) is 5.91 Å². The monoisotopic (exact) mass is 287 g/mol. The largest absolute Gasteiger partial charge is 0.478 e. The molecule has 0 aromatic heterocycles. The van der Waals surface area contributed by atoms with Crippen LogP contribution in [0.15, 0.2) is 36.4 Å². The molecule has 2 rings (SSSR count). The van der Waals surface area contributed by atoms with Gasteiger partial charge >= 0.3 is 5.97 Å². The average molecular weight is 287 g/mol. The lowest BCUT2D eigenvalue weighted by Crippen LogP contribution is -2.17. The van der Waals surface area contributed by atoms with Gasteiger partial charge in [0, 0.05) is 5.56 Å². The van der Waals surface area contributed by atoms with Gasteiger partial charge in [0.1, 0.15) is 5.82 Å². The second-order valence-electron chi connectivity index (χ2n) is 4.74. The number of aryl methyl sites for hydroxylation is 2. The maximum atomic E-state index is 13.8. The summed E-state index contributed by atoms with van der Waals surface area (Å²) in [6.07, 6.45) is 0. The zero-order valence-electron chi connectivity index (χ0n) is 11.6. The van der Waals surface area contributed by atoms with Crippen LogP contribution in [0, 0.1) is 19.7 Å². The molecule has 0 bridgehead atoms. The normalized spacial score (nSPS) is 10.2. The Morgan fingerprint density at radius 1 is 1.10 bits per heavy atom. The lowest BCUT2D eigenvalue weighted by molar-refractivity contribution is 0.0697. The van der Waals surface area contributed by atoms with Crippen LogP contribution in [0.1, 0.15) is 31.8 Å². The Kier molecular flexibility index (Phi) is 4.03. The van der Waals surface area contributed by atoms with Crippen molar-refractivity contribution in [1.29, 1.82) is 0 Å². The van der Waals surface area contributed by atoms with E-state index in [1.165, 1.54) is 12.1 Å². The van der Waals surface area contributed by atoms with Crippen molar-refractivity contribution in [2.24, 2.45) is 0 Å². The number of amides is 1. The van der Waals surface area contributed by atoms with Crippen LogP contribution >= 0.6 is 0 Å². The third kappa shape index (κ3) is 3.08. The van der Waals surface area contributed by atoms with Gasteiger partial charge in [0.15, 0.2) is 0 Å². The number of carbonyl (C=O) groups is 2. The van der Waals surface area contributed by atoms with Crippen LogP contribution in [0.3, 0.4) is 0 Å². The zero-order chi connectivity index (χ0) is 15.6. The second kappa shape index (κ2) is 5.75. The Balaban J connectivity index is 2.41. The molecule has 21 heavy (non-hydrogen) atoms. The van der Waals surface area contributed by atoms with E-state index in [4.69, 9.17) is 5.11 Å². The number of carboxylic acid groups (broad SMARTS) is 1. The molecule has 0 spiro atoms. The van der Waals surface area contributed by atoms with Gasteiger partial charge in [0.05, 0.1) is 11.3 Å². The number of hydrogen-bond donors (Lipinski definition) is 2. The highest BCUT2D eigenvalue weighted by Gasteiger charge is 2.18. The maximum Gasteiger partial charge on any atom is 0.337 e. The summed E-state index contributed by atoms with van der Waals surface area (Å²) >= 11 is 0. The molecule has 0 saturated heterocycles. The van der Waals surface area contributed by atoms with Crippen LogP contribution < -0.4 is 5.32 Å². The summed E-state index contributed by atoms with van der Waals surface area (Å²) < 4.78 is 13.8. The molecule has 108 valence electrons. The molecule has 0 saturated carbocycles. The minimum atomic E-state index is -1.30. The lowest BCUT2D eigenvalue weighted by Gasteiger charge is -2.11. The van der Waals surface area contributed by atoms with E-state index in [0.717, 1.165) is 17.2 Å². The van der Waals surface area contributed by atoms with Crippen LogP contribution in [0.2, 0.25) is 0 Å². The Bertz CT molecular complexity index is 725. The average Bonchev–Trinajstić information content (AvgIpc) is 2.43. The highest BCUT2D eigenvalue weighted by Crippen LogP contribution is 2.21. The topological polar surface area (TPSA) is 66.4 Å². The van der Waals surface area contributed by atoms with Crippen molar-refractivity contribution in [2.45, 2.75) is 13.8 Å². The summed E-state index contributed by atoms with van der Waals surface area (Å²) in [4.78, 5) is 23.3. The van der Waals surface area contributed by atoms with E-state index >= 15 is 0 Å². The Morgan fingerprint density at radius 2 is 1.81 bits per heavy atom. The number of rotatable bonds is 3. The summed E-state index contributed by atoms with van der Waals surface area (Å²) in [6.45, 7) is 3.59. The molecule has 0 unspecified atom stereocenters. The Hall–Kier alpha value is -2.69. The quantitative estimate of drug-likeness (QED) is 0.909. The number of hydrogen-bond acceptors (Lipinski definition) is 2. The van der Waals surface area contributed by atoms with E-state index in [2.05, 4.69) is 5.32 Å². The number of anilines is 1. The molecule has 0 radical (unpaired) electrons. The fraction of sp³-hybridized carbons (Fsp3) is 0.125. The molecule has 2 N–H and O–H groups in total. The number of aromatic carboxylic acids is 1. The molecule has 0 atom stereocenters. The van der Waals surface area contributed by atoms with Crippen LogP contribution in [-0.4, -0.2) is 17.0 Å².